The molecule has 3 amide bonds. The maximum atomic E-state index is 12.5. The Balaban J connectivity index is 1.99. The zero-order valence-corrected chi connectivity index (χ0v) is 16.0. The molecule has 1 N–H and O–H groups in total. The number of halogens is 1. The van der Waals surface area contributed by atoms with Crippen molar-refractivity contribution in [3.8, 4) is 5.75 Å². The lowest BCUT2D eigenvalue weighted by Gasteiger charge is -2.33. The molecule has 0 aliphatic carbocycles. The zero-order chi connectivity index (χ0) is 18.6. The van der Waals surface area contributed by atoms with Gasteiger partial charge < -0.3 is 19.9 Å². The van der Waals surface area contributed by atoms with Gasteiger partial charge in [0, 0.05) is 32.9 Å². The summed E-state index contributed by atoms with van der Waals surface area (Å²) in [6.45, 7) is 4.98. The highest BCUT2D eigenvalue weighted by Gasteiger charge is 2.29. The molecule has 0 spiro atoms. The van der Waals surface area contributed by atoms with Crippen molar-refractivity contribution in [2.24, 2.45) is 5.92 Å². The van der Waals surface area contributed by atoms with E-state index in [1.807, 2.05) is 13.8 Å². The summed E-state index contributed by atoms with van der Waals surface area (Å²) in [7, 11) is 3.43. The number of ether oxygens (including phenoxy) is 1. The van der Waals surface area contributed by atoms with Gasteiger partial charge in [-0.15, -0.1) is 0 Å². The maximum absolute atomic E-state index is 12.5. The molecule has 1 aromatic carbocycles. The number of urea groups is 1. The molecule has 7 heteroatoms. The summed E-state index contributed by atoms with van der Waals surface area (Å²) in [6.07, 6.45) is 1.62. The van der Waals surface area contributed by atoms with Gasteiger partial charge in [-0.25, -0.2) is 4.79 Å². The minimum Gasteiger partial charge on any atom is -0.489 e. The Hall–Kier alpha value is -1.95. The molecule has 1 saturated heterocycles. The standard InChI is InChI=1S/C18H26ClN3O3/c1-12(2)25-16-8-7-14(10-15(16)19)20-17(23)13-6-5-9-22(11-13)18(24)21(3)4/h7-8,10,12-13H,5-6,9,11H2,1-4H3,(H,20,23)/t13-/m0/s1. The SMILES string of the molecule is CC(C)Oc1ccc(NC(=O)[C@H]2CCCN(C(=O)N(C)C)C2)cc1Cl. The lowest BCUT2D eigenvalue weighted by molar-refractivity contribution is -0.121. The molecule has 1 heterocycles. The van der Waals surface area contributed by atoms with E-state index in [4.69, 9.17) is 16.3 Å². The van der Waals surface area contributed by atoms with E-state index in [0.717, 1.165) is 12.8 Å². The van der Waals surface area contributed by atoms with Crippen molar-refractivity contribution in [3.63, 3.8) is 0 Å². The fraction of sp³-hybridized carbons (Fsp3) is 0.556. The van der Waals surface area contributed by atoms with Gasteiger partial charge in [-0.3, -0.25) is 4.79 Å². The van der Waals surface area contributed by atoms with Gasteiger partial charge in [-0.2, -0.15) is 0 Å². The van der Waals surface area contributed by atoms with Crippen molar-refractivity contribution in [2.45, 2.75) is 32.8 Å². The first kappa shape index (κ1) is 19.4. The van der Waals surface area contributed by atoms with Gasteiger partial charge in [0.2, 0.25) is 5.91 Å². The first-order valence-electron chi connectivity index (χ1n) is 8.51. The van der Waals surface area contributed by atoms with Gasteiger partial charge in [0.1, 0.15) is 5.75 Å². The number of hydrogen-bond acceptors (Lipinski definition) is 3. The summed E-state index contributed by atoms with van der Waals surface area (Å²) in [4.78, 5) is 27.9. The van der Waals surface area contributed by atoms with Crippen LogP contribution in [0.15, 0.2) is 18.2 Å². The summed E-state index contributed by atoms with van der Waals surface area (Å²) < 4.78 is 5.59. The Labute approximate surface area is 154 Å². The number of likely N-dealkylation sites (tertiary alicyclic amines) is 1. The van der Waals surface area contributed by atoms with Crippen LogP contribution in [0.5, 0.6) is 5.75 Å². The van der Waals surface area contributed by atoms with E-state index in [1.165, 1.54) is 4.90 Å². The monoisotopic (exact) mass is 367 g/mol. The van der Waals surface area contributed by atoms with Crippen molar-refractivity contribution in [1.29, 1.82) is 0 Å². The van der Waals surface area contributed by atoms with Crippen LogP contribution in [0.25, 0.3) is 0 Å². The van der Waals surface area contributed by atoms with E-state index in [2.05, 4.69) is 5.32 Å². The molecule has 1 aliphatic heterocycles. The molecular formula is C18H26ClN3O3. The van der Waals surface area contributed by atoms with Crippen LogP contribution in [-0.2, 0) is 4.79 Å². The van der Waals surface area contributed by atoms with Crippen molar-refractivity contribution in [1.82, 2.24) is 9.80 Å². The Kier molecular flexibility index (Phi) is 6.53. The number of piperidine rings is 1. The van der Waals surface area contributed by atoms with Crippen LogP contribution >= 0.6 is 11.6 Å². The zero-order valence-electron chi connectivity index (χ0n) is 15.2. The average Bonchev–Trinajstić information content (AvgIpc) is 2.56. The third-order valence-corrected chi connectivity index (χ3v) is 4.30. The molecular weight excluding hydrogens is 342 g/mol. The lowest BCUT2D eigenvalue weighted by atomic mass is 9.97. The van der Waals surface area contributed by atoms with Crippen LogP contribution in [0.3, 0.4) is 0 Å². The Morgan fingerprint density at radius 3 is 2.68 bits per heavy atom. The van der Waals surface area contributed by atoms with E-state index < -0.39 is 0 Å². The van der Waals surface area contributed by atoms with E-state index in [9.17, 15) is 9.59 Å². The Morgan fingerprint density at radius 1 is 1.36 bits per heavy atom. The van der Waals surface area contributed by atoms with Crippen LogP contribution in [0.1, 0.15) is 26.7 Å². The fourth-order valence-electron chi connectivity index (χ4n) is 2.82. The van der Waals surface area contributed by atoms with Crippen LogP contribution < -0.4 is 10.1 Å². The van der Waals surface area contributed by atoms with Crippen LogP contribution in [0.4, 0.5) is 10.5 Å². The molecule has 0 unspecified atom stereocenters. The van der Waals surface area contributed by atoms with E-state index >= 15 is 0 Å². The maximum Gasteiger partial charge on any atom is 0.319 e. The second kappa shape index (κ2) is 8.43. The number of hydrogen-bond donors (Lipinski definition) is 1. The Morgan fingerprint density at radius 2 is 2.08 bits per heavy atom. The van der Waals surface area contributed by atoms with Gasteiger partial charge in [0.25, 0.3) is 0 Å². The van der Waals surface area contributed by atoms with Gasteiger partial charge in [0.05, 0.1) is 17.0 Å². The molecule has 1 aromatic rings. The number of amides is 3. The van der Waals surface area contributed by atoms with Gasteiger partial charge in [0.15, 0.2) is 0 Å². The highest BCUT2D eigenvalue weighted by molar-refractivity contribution is 6.32. The van der Waals surface area contributed by atoms with Crippen molar-refractivity contribution in [3.05, 3.63) is 23.2 Å². The highest BCUT2D eigenvalue weighted by Crippen LogP contribution is 2.29. The lowest BCUT2D eigenvalue weighted by Crippen LogP contribution is -2.47. The van der Waals surface area contributed by atoms with E-state index in [0.29, 0.717) is 29.5 Å². The largest absolute Gasteiger partial charge is 0.489 e. The average molecular weight is 368 g/mol. The molecule has 2 rings (SSSR count). The quantitative estimate of drug-likeness (QED) is 0.886. The molecule has 138 valence electrons. The molecule has 6 nitrogen and oxygen atoms in total. The third-order valence-electron chi connectivity index (χ3n) is 4.01. The highest BCUT2D eigenvalue weighted by atomic mass is 35.5. The number of nitrogens with one attached hydrogen (secondary N) is 1. The number of carbonyl (C=O) groups excluding carboxylic acids is 2. The smallest absolute Gasteiger partial charge is 0.319 e. The number of rotatable bonds is 4. The summed E-state index contributed by atoms with van der Waals surface area (Å²) in [5, 5.41) is 3.35. The minimum absolute atomic E-state index is 0.0281. The van der Waals surface area contributed by atoms with E-state index in [-0.39, 0.29) is 24.0 Å². The number of carbonyl (C=O) groups is 2. The van der Waals surface area contributed by atoms with Crippen LogP contribution in [0, 0.1) is 5.92 Å². The first-order valence-corrected chi connectivity index (χ1v) is 8.89. The second-order valence-electron chi connectivity index (χ2n) is 6.76. The third kappa shape index (κ3) is 5.26. The van der Waals surface area contributed by atoms with Crippen LogP contribution in [0.2, 0.25) is 5.02 Å². The molecule has 1 atom stereocenters. The Bertz CT molecular complexity index is 634. The number of anilines is 1. The second-order valence-corrected chi connectivity index (χ2v) is 7.17. The summed E-state index contributed by atoms with van der Waals surface area (Å²) in [5.74, 6) is 0.281. The topological polar surface area (TPSA) is 61.9 Å². The molecule has 0 aromatic heterocycles. The molecule has 25 heavy (non-hydrogen) atoms. The first-order chi connectivity index (χ1) is 11.8. The molecule has 0 bridgehead atoms. The van der Waals surface area contributed by atoms with E-state index in [1.54, 1.807) is 37.2 Å². The fourth-order valence-corrected chi connectivity index (χ4v) is 3.05. The van der Waals surface area contributed by atoms with Gasteiger partial charge in [-0.1, -0.05) is 11.6 Å². The van der Waals surface area contributed by atoms with Gasteiger partial charge >= 0.3 is 6.03 Å². The van der Waals surface area contributed by atoms with Crippen molar-refractivity contribution < 1.29 is 14.3 Å². The minimum atomic E-state index is -0.219. The number of nitrogens with zero attached hydrogens (tertiary/aromatic N) is 2. The summed E-state index contributed by atoms with van der Waals surface area (Å²) in [5.41, 5.74) is 0.627. The molecule has 0 radical (unpaired) electrons. The van der Waals surface area contributed by atoms with Crippen molar-refractivity contribution in [2.75, 3.05) is 32.5 Å². The summed E-state index contributed by atoms with van der Waals surface area (Å²) in [6, 6.07) is 5.15. The predicted molar refractivity (Wildman–Crippen MR) is 99.2 cm³/mol. The predicted octanol–water partition coefficient (Wildman–Crippen LogP) is 3.46. The summed E-state index contributed by atoms with van der Waals surface area (Å²) >= 11 is 6.21. The molecule has 1 fully saturated rings. The normalized spacial score (nSPS) is 17.4. The number of benzene rings is 1. The van der Waals surface area contributed by atoms with Crippen molar-refractivity contribution >= 4 is 29.2 Å². The van der Waals surface area contributed by atoms with Crippen LogP contribution in [-0.4, -0.2) is 55.0 Å². The molecule has 0 saturated carbocycles. The molecule has 1 aliphatic rings. The van der Waals surface area contributed by atoms with Gasteiger partial charge in [-0.05, 0) is 44.9 Å².